The van der Waals surface area contributed by atoms with Crippen LogP contribution in [0.5, 0.6) is 5.75 Å². The van der Waals surface area contributed by atoms with Crippen LogP contribution in [-0.4, -0.2) is 5.91 Å². The van der Waals surface area contributed by atoms with Gasteiger partial charge < -0.3 is 10.5 Å². The van der Waals surface area contributed by atoms with E-state index in [1.807, 2.05) is 18.2 Å². The SMILES string of the molecule is CC(C)c1ccccc1OCc1ccc(C(N)=O)cc1Cl. The summed E-state index contributed by atoms with van der Waals surface area (Å²) in [6.45, 7) is 4.59. The number of carbonyl (C=O) groups is 1. The lowest BCUT2D eigenvalue weighted by Gasteiger charge is -2.14. The fraction of sp³-hybridized carbons (Fsp3) is 0.235. The molecule has 0 bridgehead atoms. The fourth-order valence-corrected chi connectivity index (χ4v) is 2.30. The lowest BCUT2D eigenvalue weighted by atomic mass is 10.0. The van der Waals surface area contributed by atoms with Crippen LogP contribution in [0.25, 0.3) is 0 Å². The van der Waals surface area contributed by atoms with Gasteiger partial charge in [0.1, 0.15) is 12.4 Å². The van der Waals surface area contributed by atoms with E-state index in [0.29, 0.717) is 23.1 Å². The Labute approximate surface area is 129 Å². The van der Waals surface area contributed by atoms with Crippen LogP contribution in [-0.2, 0) is 6.61 Å². The number of rotatable bonds is 5. The Morgan fingerprint density at radius 3 is 2.57 bits per heavy atom. The lowest BCUT2D eigenvalue weighted by Crippen LogP contribution is -2.11. The van der Waals surface area contributed by atoms with Gasteiger partial charge in [0.05, 0.1) is 0 Å². The standard InChI is InChI=1S/C17H18ClNO2/c1-11(2)14-5-3-4-6-16(14)21-10-13-8-7-12(17(19)20)9-15(13)18/h3-9,11H,10H2,1-2H3,(H2,19,20). The van der Waals surface area contributed by atoms with E-state index in [1.165, 1.54) is 0 Å². The van der Waals surface area contributed by atoms with E-state index in [9.17, 15) is 4.79 Å². The van der Waals surface area contributed by atoms with Crippen molar-refractivity contribution in [3.63, 3.8) is 0 Å². The molecule has 0 atom stereocenters. The molecule has 0 saturated carbocycles. The summed E-state index contributed by atoms with van der Waals surface area (Å²) in [6.07, 6.45) is 0. The number of ether oxygens (including phenoxy) is 1. The van der Waals surface area contributed by atoms with E-state index < -0.39 is 5.91 Å². The van der Waals surface area contributed by atoms with E-state index in [-0.39, 0.29) is 0 Å². The molecule has 0 heterocycles. The Kier molecular flexibility index (Phi) is 4.86. The topological polar surface area (TPSA) is 52.3 Å². The summed E-state index contributed by atoms with van der Waals surface area (Å²) in [5.74, 6) is 0.742. The van der Waals surface area contributed by atoms with Crippen LogP contribution in [0.4, 0.5) is 0 Å². The van der Waals surface area contributed by atoms with E-state index in [1.54, 1.807) is 18.2 Å². The van der Waals surface area contributed by atoms with E-state index in [0.717, 1.165) is 16.9 Å². The van der Waals surface area contributed by atoms with E-state index >= 15 is 0 Å². The highest BCUT2D eigenvalue weighted by atomic mass is 35.5. The van der Waals surface area contributed by atoms with Crippen molar-refractivity contribution in [2.45, 2.75) is 26.4 Å². The summed E-state index contributed by atoms with van der Waals surface area (Å²) in [7, 11) is 0. The average molecular weight is 304 g/mol. The first-order valence-corrected chi connectivity index (χ1v) is 7.16. The zero-order valence-electron chi connectivity index (χ0n) is 12.1. The molecule has 2 aromatic carbocycles. The molecule has 0 aliphatic rings. The second-order valence-corrected chi connectivity index (χ2v) is 5.56. The number of nitrogens with two attached hydrogens (primary N) is 1. The Morgan fingerprint density at radius 2 is 1.95 bits per heavy atom. The van der Waals surface area contributed by atoms with Crippen molar-refractivity contribution < 1.29 is 9.53 Å². The molecule has 0 aliphatic heterocycles. The van der Waals surface area contributed by atoms with Crippen LogP contribution < -0.4 is 10.5 Å². The maximum absolute atomic E-state index is 11.1. The van der Waals surface area contributed by atoms with Crippen LogP contribution in [0.2, 0.25) is 5.02 Å². The van der Waals surface area contributed by atoms with E-state index in [4.69, 9.17) is 22.1 Å². The molecule has 0 aromatic heterocycles. The Hall–Kier alpha value is -2.00. The van der Waals surface area contributed by atoms with Gasteiger partial charge in [0.15, 0.2) is 0 Å². The van der Waals surface area contributed by atoms with Crippen molar-refractivity contribution >= 4 is 17.5 Å². The predicted molar refractivity (Wildman–Crippen MR) is 84.8 cm³/mol. The van der Waals surface area contributed by atoms with Gasteiger partial charge in [-0.25, -0.2) is 0 Å². The zero-order valence-corrected chi connectivity index (χ0v) is 12.9. The Balaban J connectivity index is 2.15. The monoisotopic (exact) mass is 303 g/mol. The minimum Gasteiger partial charge on any atom is -0.489 e. The summed E-state index contributed by atoms with van der Waals surface area (Å²) in [5.41, 5.74) is 7.59. The number of benzene rings is 2. The highest BCUT2D eigenvalue weighted by Gasteiger charge is 2.09. The summed E-state index contributed by atoms with van der Waals surface area (Å²) < 4.78 is 5.87. The average Bonchev–Trinajstić information content (AvgIpc) is 2.46. The molecule has 0 fully saturated rings. The number of halogens is 1. The van der Waals surface area contributed by atoms with Gasteiger partial charge in [-0.1, -0.05) is 49.7 Å². The second-order valence-electron chi connectivity index (χ2n) is 5.15. The van der Waals surface area contributed by atoms with Gasteiger partial charge in [0.25, 0.3) is 0 Å². The summed E-state index contributed by atoms with van der Waals surface area (Å²) >= 11 is 6.15. The van der Waals surface area contributed by atoms with Gasteiger partial charge in [-0.3, -0.25) is 4.79 Å². The van der Waals surface area contributed by atoms with Crippen molar-refractivity contribution in [3.05, 3.63) is 64.2 Å². The van der Waals surface area contributed by atoms with Gasteiger partial charge in [-0.15, -0.1) is 0 Å². The van der Waals surface area contributed by atoms with Gasteiger partial charge >= 0.3 is 0 Å². The second kappa shape index (κ2) is 6.64. The van der Waals surface area contributed by atoms with Crippen LogP contribution in [0.1, 0.15) is 41.3 Å². The number of amides is 1. The molecular formula is C17H18ClNO2. The van der Waals surface area contributed by atoms with E-state index in [2.05, 4.69) is 19.9 Å². The third-order valence-electron chi connectivity index (χ3n) is 3.26. The molecule has 0 spiro atoms. The molecule has 2 aromatic rings. The molecule has 0 saturated heterocycles. The Bertz CT molecular complexity index is 653. The highest BCUT2D eigenvalue weighted by molar-refractivity contribution is 6.31. The van der Waals surface area contributed by atoms with Gasteiger partial charge in [0, 0.05) is 16.1 Å². The minimum atomic E-state index is -0.491. The first-order valence-electron chi connectivity index (χ1n) is 6.79. The number of primary amides is 1. The number of para-hydroxylation sites is 1. The summed E-state index contributed by atoms with van der Waals surface area (Å²) in [6, 6.07) is 12.9. The van der Waals surface area contributed by atoms with Gasteiger partial charge in [-0.2, -0.15) is 0 Å². The maximum atomic E-state index is 11.1. The smallest absolute Gasteiger partial charge is 0.248 e. The van der Waals surface area contributed by atoms with Crippen LogP contribution in [0.15, 0.2) is 42.5 Å². The molecular weight excluding hydrogens is 286 g/mol. The number of hydrogen-bond donors (Lipinski definition) is 1. The van der Waals surface area contributed by atoms with Crippen molar-refractivity contribution in [2.24, 2.45) is 5.73 Å². The van der Waals surface area contributed by atoms with Crippen LogP contribution in [0.3, 0.4) is 0 Å². The molecule has 110 valence electrons. The van der Waals surface area contributed by atoms with Crippen molar-refractivity contribution in [1.29, 1.82) is 0 Å². The van der Waals surface area contributed by atoms with Gasteiger partial charge in [0.2, 0.25) is 5.91 Å². The lowest BCUT2D eigenvalue weighted by molar-refractivity contribution is 0.1000. The molecule has 3 nitrogen and oxygen atoms in total. The minimum absolute atomic E-state index is 0.349. The van der Waals surface area contributed by atoms with Crippen molar-refractivity contribution in [1.82, 2.24) is 0 Å². The third kappa shape index (κ3) is 3.76. The molecule has 0 aliphatic carbocycles. The number of carbonyl (C=O) groups excluding carboxylic acids is 1. The molecule has 4 heteroatoms. The number of hydrogen-bond acceptors (Lipinski definition) is 2. The molecule has 1 amide bonds. The predicted octanol–water partition coefficient (Wildman–Crippen LogP) is 4.14. The summed E-state index contributed by atoms with van der Waals surface area (Å²) in [5, 5.41) is 0.480. The molecule has 0 unspecified atom stereocenters. The third-order valence-corrected chi connectivity index (χ3v) is 3.61. The van der Waals surface area contributed by atoms with Crippen LogP contribution >= 0.6 is 11.6 Å². The first-order chi connectivity index (χ1) is 9.99. The highest BCUT2D eigenvalue weighted by Crippen LogP contribution is 2.27. The summed E-state index contributed by atoms with van der Waals surface area (Å²) in [4.78, 5) is 11.1. The fourth-order valence-electron chi connectivity index (χ4n) is 2.06. The van der Waals surface area contributed by atoms with Crippen molar-refractivity contribution in [2.75, 3.05) is 0 Å². The largest absolute Gasteiger partial charge is 0.489 e. The molecule has 21 heavy (non-hydrogen) atoms. The quantitative estimate of drug-likeness (QED) is 0.902. The first kappa shape index (κ1) is 15.4. The zero-order chi connectivity index (χ0) is 15.4. The van der Waals surface area contributed by atoms with Gasteiger partial charge in [-0.05, 0) is 29.7 Å². The van der Waals surface area contributed by atoms with Crippen molar-refractivity contribution in [3.8, 4) is 5.75 Å². The maximum Gasteiger partial charge on any atom is 0.248 e. The molecule has 2 rings (SSSR count). The molecule has 0 radical (unpaired) electrons. The Morgan fingerprint density at radius 1 is 1.24 bits per heavy atom. The molecule has 2 N–H and O–H groups in total. The van der Waals surface area contributed by atoms with Crippen LogP contribution in [0, 0.1) is 0 Å². The normalized spacial score (nSPS) is 10.7.